The number of nitrogens with two attached hydrogens (primary N) is 1. The van der Waals surface area contributed by atoms with E-state index in [0.717, 1.165) is 51.0 Å². The van der Waals surface area contributed by atoms with Gasteiger partial charge >= 0.3 is 0 Å². The fourth-order valence-corrected chi connectivity index (χ4v) is 6.14. The van der Waals surface area contributed by atoms with Crippen LogP contribution in [0.2, 0.25) is 0 Å². The van der Waals surface area contributed by atoms with Gasteiger partial charge in [-0.15, -0.1) is 0 Å². The summed E-state index contributed by atoms with van der Waals surface area (Å²) in [5.74, 6) is -0.244. The van der Waals surface area contributed by atoms with Crippen LogP contribution in [0.1, 0.15) is 65.7 Å². The molecule has 0 aliphatic carbocycles. The second-order valence-corrected chi connectivity index (χ2v) is 9.70. The van der Waals surface area contributed by atoms with Crippen molar-refractivity contribution in [3.8, 4) is 0 Å². The maximum Gasteiger partial charge on any atom is 0.257 e. The molecule has 0 saturated carbocycles. The first-order chi connectivity index (χ1) is 15.4. The Morgan fingerprint density at radius 3 is 2.41 bits per heavy atom. The zero-order valence-corrected chi connectivity index (χ0v) is 18.9. The number of primary amides is 1. The number of rotatable bonds is 3. The molecule has 4 heterocycles. The minimum absolute atomic E-state index is 0.0424. The van der Waals surface area contributed by atoms with Crippen LogP contribution in [0.4, 0.5) is 5.69 Å². The highest BCUT2D eigenvalue weighted by atomic mass is 16.2. The number of piperidine rings is 2. The number of carbonyl (C=O) groups excluding carboxylic acids is 3. The van der Waals surface area contributed by atoms with Gasteiger partial charge in [-0.3, -0.25) is 19.3 Å². The number of anilines is 1. The van der Waals surface area contributed by atoms with Crippen molar-refractivity contribution in [3.63, 3.8) is 0 Å². The van der Waals surface area contributed by atoms with E-state index < -0.39 is 5.54 Å². The van der Waals surface area contributed by atoms with Gasteiger partial charge in [0.05, 0.1) is 11.3 Å². The molecule has 4 aliphatic heterocycles. The summed E-state index contributed by atoms with van der Waals surface area (Å²) in [4.78, 5) is 46.8. The van der Waals surface area contributed by atoms with Gasteiger partial charge in [-0.05, 0) is 69.8 Å². The van der Waals surface area contributed by atoms with Crippen LogP contribution < -0.4 is 10.6 Å². The average Bonchev–Trinajstić information content (AvgIpc) is 3.33. The molecule has 0 aromatic heterocycles. The Morgan fingerprint density at radius 2 is 1.72 bits per heavy atom. The van der Waals surface area contributed by atoms with E-state index in [1.54, 1.807) is 12.1 Å². The monoisotopic (exact) mass is 439 g/mol. The lowest BCUT2D eigenvalue weighted by molar-refractivity contribution is -0.134. The summed E-state index contributed by atoms with van der Waals surface area (Å²) in [6.45, 7) is 3.63. The van der Waals surface area contributed by atoms with Crippen LogP contribution in [-0.2, 0) is 4.79 Å². The molecule has 8 heteroatoms. The maximum atomic E-state index is 13.3. The highest BCUT2D eigenvalue weighted by Gasteiger charge is 2.46. The first kappa shape index (κ1) is 21.2. The van der Waals surface area contributed by atoms with Crippen molar-refractivity contribution in [2.24, 2.45) is 5.73 Å². The molecule has 1 atom stereocenters. The predicted molar refractivity (Wildman–Crippen MR) is 121 cm³/mol. The van der Waals surface area contributed by atoms with Crippen molar-refractivity contribution in [1.82, 2.24) is 14.7 Å². The normalized spacial score (nSPS) is 25.5. The summed E-state index contributed by atoms with van der Waals surface area (Å²) in [6.07, 6.45) is 6.59. The molecule has 32 heavy (non-hydrogen) atoms. The molecule has 1 aromatic carbocycles. The lowest BCUT2D eigenvalue weighted by Gasteiger charge is -2.48. The molecule has 0 bridgehead atoms. The number of hydrogen-bond acceptors (Lipinski definition) is 5. The summed E-state index contributed by atoms with van der Waals surface area (Å²) >= 11 is 0. The van der Waals surface area contributed by atoms with E-state index in [0.29, 0.717) is 37.1 Å². The Kier molecular flexibility index (Phi) is 5.35. The van der Waals surface area contributed by atoms with Gasteiger partial charge in [-0.2, -0.15) is 0 Å². The third kappa shape index (κ3) is 3.27. The molecule has 1 aromatic rings. The minimum Gasteiger partial charge on any atom is -0.368 e. The summed E-state index contributed by atoms with van der Waals surface area (Å²) in [7, 11) is 2.00. The van der Waals surface area contributed by atoms with Crippen molar-refractivity contribution in [3.05, 3.63) is 29.3 Å². The first-order valence-corrected chi connectivity index (χ1v) is 11.9. The van der Waals surface area contributed by atoms with Crippen LogP contribution in [0.5, 0.6) is 0 Å². The number of hydrogen-bond donors (Lipinski definition) is 1. The molecule has 0 spiro atoms. The second kappa shape index (κ2) is 8.06. The van der Waals surface area contributed by atoms with E-state index in [9.17, 15) is 14.4 Å². The van der Waals surface area contributed by atoms with E-state index in [4.69, 9.17) is 5.73 Å². The van der Waals surface area contributed by atoms with E-state index in [1.807, 2.05) is 22.9 Å². The molecule has 0 radical (unpaired) electrons. The number of carbonyl (C=O) groups is 3. The van der Waals surface area contributed by atoms with Gasteiger partial charge in [-0.25, -0.2) is 0 Å². The van der Waals surface area contributed by atoms with Crippen molar-refractivity contribution in [2.75, 3.05) is 44.7 Å². The molecule has 3 fully saturated rings. The highest BCUT2D eigenvalue weighted by molar-refractivity contribution is 6.04. The van der Waals surface area contributed by atoms with Gasteiger partial charge in [0.25, 0.3) is 11.8 Å². The van der Waals surface area contributed by atoms with Crippen molar-refractivity contribution >= 4 is 23.4 Å². The fourth-order valence-electron chi connectivity index (χ4n) is 6.14. The predicted octanol–water partition coefficient (Wildman–Crippen LogP) is 1.64. The van der Waals surface area contributed by atoms with E-state index in [1.165, 1.54) is 6.42 Å². The van der Waals surface area contributed by atoms with Gasteiger partial charge in [0, 0.05) is 32.2 Å². The van der Waals surface area contributed by atoms with Crippen molar-refractivity contribution < 1.29 is 14.4 Å². The number of nitrogens with zero attached hydrogens (tertiary/aromatic N) is 4. The number of likely N-dealkylation sites (tertiary alicyclic amines) is 2. The summed E-state index contributed by atoms with van der Waals surface area (Å²) in [5, 5.41) is 0. The summed E-state index contributed by atoms with van der Waals surface area (Å²) in [6, 6.07) is 5.43. The highest BCUT2D eigenvalue weighted by Crippen LogP contribution is 2.36. The standard InChI is InChI=1S/C24H33N5O3/c1-26-19-16-17(7-8-18(19)22(31)29-13-5-6-20(26)29)21(30)27-14-9-24(10-15-27,23(25)32)28-11-3-2-4-12-28/h7-8,16,20H,2-6,9-15H2,1H3,(H2,25,32). The molecule has 3 amide bonds. The lowest BCUT2D eigenvalue weighted by Crippen LogP contribution is -2.63. The van der Waals surface area contributed by atoms with Crippen LogP contribution in [0, 0.1) is 0 Å². The van der Waals surface area contributed by atoms with Gasteiger partial charge in [0.2, 0.25) is 5.91 Å². The molecule has 172 valence electrons. The third-order valence-corrected chi connectivity index (χ3v) is 8.08. The van der Waals surface area contributed by atoms with Crippen LogP contribution in [0.15, 0.2) is 18.2 Å². The Hall–Kier alpha value is -2.61. The zero-order valence-electron chi connectivity index (χ0n) is 18.9. The molecule has 5 rings (SSSR count). The topological polar surface area (TPSA) is 90.2 Å². The molecule has 3 saturated heterocycles. The minimum atomic E-state index is -0.633. The van der Waals surface area contributed by atoms with Crippen LogP contribution >= 0.6 is 0 Å². The van der Waals surface area contributed by atoms with Crippen LogP contribution in [0.25, 0.3) is 0 Å². The van der Waals surface area contributed by atoms with Crippen molar-refractivity contribution in [1.29, 1.82) is 0 Å². The molecule has 2 N–H and O–H groups in total. The Morgan fingerprint density at radius 1 is 1.00 bits per heavy atom. The SMILES string of the molecule is CN1c2cc(C(=O)N3CCC(C(N)=O)(N4CCCCC4)CC3)ccc2C(=O)N2CCCC21. The quantitative estimate of drug-likeness (QED) is 0.773. The van der Waals surface area contributed by atoms with E-state index >= 15 is 0 Å². The summed E-state index contributed by atoms with van der Waals surface area (Å²) < 4.78 is 0. The molecule has 1 unspecified atom stereocenters. The molecule has 4 aliphatic rings. The van der Waals surface area contributed by atoms with Gasteiger partial charge in [0.1, 0.15) is 11.7 Å². The smallest absolute Gasteiger partial charge is 0.257 e. The number of amides is 3. The Labute approximate surface area is 189 Å². The first-order valence-electron chi connectivity index (χ1n) is 11.9. The van der Waals surface area contributed by atoms with E-state index in [-0.39, 0.29) is 23.9 Å². The molecular formula is C24H33N5O3. The van der Waals surface area contributed by atoms with Crippen LogP contribution in [-0.4, -0.2) is 83.9 Å². The lowest BCUT2D eigenvalue weighted by atomic mass is 9.83. The number of fused-ring (bicyclic) bond motifs is 2. The molecular weight excluding hydrogens is 406 g/mol. The maximum absolute atomic E-state index is 13.3. The van der Waals surface area contributed by atoms with Crippen LogP contribution in [0.3, 0.4) is 0 Å². The van der Waals surface area contributed by atoms with Gasteiger partial charge in [-0.1, -0.05) is 6.42 Å². The molecule has 8 nitrogen and oxygen atoms in total. The Balaban J connectivity index is 1.33. The number of benzene rings is 1. The summed E-state index contributed by atoms with van der Waals surface area (Å²) in [5.41, 5.74) is 7.35. The zero-order chi connectivity index (χ0) is 22.5. The van der Waals surface area contributed by atoms with E-state index in [2.05, 4.69) is 9.80 Å². The largest absolute Gasteiger partial charge is 0.368 e. The van der Waals surface area contributed by atoms with Crippen molar-refractivity contribution in [2.45, 2.75) is 56.7 Å². The van der Waals surface area contributed by atoms with Gasteiger partial charge < -0.3 is 20.4 Å². The fraction of sp³-hybridized carbons (Fsp3) is 0.625. The third-order valence-electron chi connectivity index (χ3n) is 8.08. The average molecular weight is 440 g/mol. The van der Waals surface area contributed by atoms with Gasteiger partial charge in [0.15, 0.2) is 0 Å². The second-order valence-electron chi connectivity index (χ2n) is 9.70. The Bertz CT molecular complexity index is 934.